The van der Waals surface area contributed by atoms with E-state index in [0.717, 1.165) is 22.3 Å². The Morgan fingerprint density at radius 1 is 1.36 bits per heavy atom. The summed E-state index contributed by atoms with van der Waals surface area (Å²) in [7, 11) is 0. The Morgan fingerprint density at radius 3 is 2.88 bits per heavy atom. The zero-order valence-electron chi connectivity index (χ0n) is 14.7. The van der Waals surface area contributed by atoms with Gasteiger partial charge in [-0.3, -0.25) is 14.2 Å². The van der Waals surface area contributed by atoms with Crippen molar-refractivity contribution in [3.8, 4) is 0 Å². The Hall–Kier alpha value is -2.70. The van der Waals surface area contributed by atoms with Crippen LogP contribution in [0.1, 0.15) is 37.6 Å². The van der Waals surface area contributed by atoms with Crippen molar-refractivity contribution in [1.29, 1.82) is 0 Å². The summed E-state index contributed by atoms with van der Waals surface area (Å²) in [5.74, 6) is -0.398. The molecule has 1 N–H and O–H groups in total. The maximum Gasteiger partial charge on any atom is 0.222 e. The second kappa shape index (κ2) is 7.04. The predicted octanol–water partition coefficient (Wildman–Crippen LogP) is 2.97. The summed E-state index contributed by atoms with van der Waals surface area (Å²) in [6.07, 6.45) is 2.10. The number of nitrogens with one attached hydrogen (secondary N) is 1. The Labute approximate surface area is 145 Å². The van der Waals surface area contributed by atoms with Crippen LogP contribution in [0.25, 0.3) is 11.0 Å². The molecule has 0 spiro atoms. The van der Waals surface area contributed by atoms with Crippen LogP contribution in [0.3, 0.4) is 0 Å². The van der Waals surface area contributed by atoms with Gasteiger partial charge in [0.05, 0.1) is 18.4 Å². The van der Waals surface area contributed by atoms with Gasteiger partial charge in [0.2, 0.25) is 5.91 Å². The molecule has 0 fully saturated rings. The number of aromatic nitrogens is 4. The van der Waals surface area contributed by atoms with Crippen LogP contribution in [0.15, 0.2) is 30.5 Å². The highest BCUT2D eigenvalue weighted by Gasteiger charge is 2.15. The summed E-state index contributed by atoms with van der Waals surface area (Å²) in [4.78, 5) is 12.1. The van der Waals surface area contributed by atoms with Crippen LogP contribution in [-0.2, 0) is 17.9 Å². The number of benzene rings is 1. The van der Waals surface area contributed by atoms with Gasteiger partial charge in [-0.05, 0) is 38.5 Å². The first-order valence-corrected chi connectivity index (χ1v) is 8.37. The maximum atomic E-state index is 13.1. The summed E-state index contributed by atoms with van der Waals surface area (Å²) in [5.41, 5.74) is 3.59. The van der Waals surface area contributed by atoms with Crippen molar-refractivity contribution in [3.05, 3.63) is 47.5 Å². The van der Waals surface area contributed by atoms with Crippen LogP contribution in [-0.4, -0.2) is 25.5 Å². The van der Waals surface area contributed by atoms with Crippen LogP contribution in [0.2, 0.25) is 0 Å². The van der Waals surface area contributed by atoms with Crippen LogP contribution in [0.5, 0.6) is 0 Å². The lowest BCUT2D eigenvalue weighted by atomic mass is 10.2. The van der Waals surface area contributed by atoms with Gasteiger partial charge in [-0.15, -0.1) is 0 Å². The number of rotatable bonds is 6. The predicted molar refractivity (Wildman–Crippen MR) is 93.5 cm³/mol. The summed E-state index contributed by atoms with van der Waals surface area (Å²) in [6.45, 7) is 6.88. The summed E-state index contributed by atoms with van der Waals surface area (Å²) >= 11 is 0. The van der Waals surface area contributed by atoms with Crippen LogP contribution >= 0.6 is 0 Å². The molecule has 2 heterocycles. The Kier molecular flexibility index (Phi) is 4.83. The minimum Gasteiger partial charge on any atom is -0.352 e. The molecule has 7 heteroatoms. The zero-order chi connectivity index (χ0) is 18.0. The summed E-state index contributed by atoms with van der Waals surface area (Å²) in [5, 5.41) is 11.7. The molecule has 0 aliphatic heterocycles. The molecule has 1 aromatic carbocycles. The average molecular weight is 343 g/mol. The molecule has 1 amide bonds. The molecular formula is C18H22FN5O. The Bertz CT molecular complexity index is 896. The van der Waals surface area contributed by atoms with Gasteiger partial charge >= 0.3 is 0 Å². The summed E-state index contributed by atoms with van der Waals surface area (Å²) < 4.78 is 16.9. The van der Waals surface area contributed by atoms with Crippen molar-refractivity contribution >= 4 is 16.9 Å². The summed E-state index contributed by atoms with van der Waals surface area (Å²) in [6, 6.07) is 6.47. The number of carbonyl (C=O) groups is 1. The highest BCUT2D eigenvalue weighted by Crippen LogP contribution is 2.21. The molecule has 0 bridgehead atoms. The molecule has 3 rings (SSSR count). The molecule has 25 heavy (non-hydrogen) atoms. The van der Waals surface area contributed by atoms with E-state index < -0.39 is 0 Å². The van der Waals surface area contributed by atoms with Gasteiger partial charge in [0.1, 0.15) is 16.9 Å². The largest absolute Gasteiger partial charge is 0.352 e. The van der Waals surface area contributed by atoms with E-state index in [4.69, 9.17) is 0 Å². The zero-order valence-corrected chi connectivity index (χ0v) is 14.7. The molecule has 2 aromatic heterocycles. The van der Waals surface area contributed by atoms with E-state index in [0.29, 0.717) is 19.5 Å². The van der Waals surface area contributed by atoms with E-state index in [1.807, 2.05) is 16.3 Å². The first-order chi connectivity index (χ1) is 12.0. The molecule has 6 nitrogen and oxygen atoms in total. The van der Waals surface area contributed by atoms with E-state index in [1.165, 1.54) is 12.1 Å². The number of fused-ring (bicyclic) bond motifs is 1. The van der Waals surface area contributed by atoms with Gasteiger partial charge in [0.15, 0.2) is 0 Å². The second-order valence-electron chi connectivity index (χ2n) is 6.38. The van der Waals surface area contributed by atoms with Gasteiger partial charge in [-0.25, -0.2) is 4.39 Å². The maximum absolute atomic E-state index is 13.1. The lowest BCUT2D eigenvalue weighted by Gasteiger charge is -2.06. The first-order valence-electron chi connectivity index (χ1n) is 8.37. The standard InChI is InChI=1S/C18H22FN5O/c1-12(2)24-16-11-21-23(18(16)13(3)22-24)8-7-17(25)20-10-14-5-4-6-15(19)9-14/h4-6,9,11-12H,7-8,10H2,1-3H3,(H,20,25). The SMILES string of the molecule is Cc1nn(C(C)C)c2cnn(CCC(=O)NCc3cccc(F)c3)c12. The minimum atomic E-state index is -0.302. The monoisotopic (exact) mass is 343 g/mol. The van der Waals surface area contributed by atoms with Gasteiger partial charge in [0.25, 0.3) is 0 Å². The molecule has 0 atom stereocenters. The number of hydrogen-bond donors (Lipinski definition) is 1. The normalized spacial score (nSPS) is 11.4. The number of carbonyl (C=O) groups excluding carboxylic acids is 1. The second-order valence-corrected chi connectivity index (χ2v) is 6.38. The van der Waals surface area contributed by atoms with Crippen molar-refractivity contribution in [2.75, 3.05) is 0 Å². The number of nitrogens with zero attached hydrogens (tertiary/aromatic N) is 4. The third-order valence-corrected chi connectivity index (χ3v) is 4.09. The minimum absolute atomic E-state index is 0.0955. The van der Waals surface area contributed by atoms with Crippen LogP contribution in [0, 0.1) is 12.7 Å². The van der Waals surface area contributed by atoms with E-state index in [9.17, 15) is 9.18 Å². The highest BCUT2D eigenvalue weighted by molar-refractivity contribution is 5.79. The first kappa shape index (κ1) is 17.1. The molecule has 0 saturated heterocycles. The quantitative estimate of drug-likeness (QED) is 0.748. The fourth-order valence-corrected chi connectivity index (χ4v) is 2.88. The number of aryl methyl sites for hydroxylation is 2. The van der Waals surface area contributed by atoms with E-state index in [1.54, 1.807) is 18.3 Å². The van der Waals surface area contributed by atoms with Gasteiger partial charge < -0.3 is 5.32 Å². The molecule has 132 valence electrons. The number of amides is 1. The van der Waals surface area contributed by atoms with E-state index >= 15 is 0 Å². The fraction of sp³-hybridized carbons (Fsp3) is 0.389. The van der Waals surface area contributed by atoms with Crippen molar-refractivity contribution in [1.82, 2.24) is 24.9 Å². The molecule has 0 saturated carbocycles. The topological polar surface area (TPSA) is 64.7 Å². The smallest absolute Gasteiger partial charge is 0.222 e. The molecular weight excluding hydrogens is 321 g/mol. The third kappa shape index (κ3) is 3.70. The van der Waals surface area contributed by atoms with E-state index in [-0.39, 0.29) is 17.8 Å². The van der Waals surface area contributed by atoms with Gasteiger partial charge in [0, 0.05) is 19.0 Å². The van der Waals surface area contributed by atoms with Crippen molar-refractivity contribution in [2.24, 2.45) is 0 Å². The van der Waals surface area contributed by atoms with Crippen LogP contribution in [0.4, 0.5) is 4.39 Å². The van der Waals surface area contributed by atoms with Gasteiger partial charge in [-0.2, -0.15) is 10.2 Å². The molecule has 0 aliphatic carbocycles. The molecule has 3 aromatic rings. The van der Waals surface area contributed by atoms with Gasteiger partial charge in [-0.1, -0.05) is 12.1 Å². The van der Waals surface area contributed by atoms with Crippen molar-refractivity contribution < 1.29 is 9.18 Å². The lowest BCUT2D eigenvalue weighted by molar-refractivity contribution is -0.121. The third-order valence-electron chi connectivity index (χ3n) is 4.09. The molecule has 0 radical (unpaired) electrons. The lowest BCUT2D eigenvalue weighted by Crippen LogP contribution is -2.24. The average Bonchev–Trinajstić information content (AvgIpc) is 3.12. The fourth-order valence-electron chi connectivity index (χ4n) is 2.88. The molecule has 0 aliphatic rings. The Balaban J connectivity index is 1.62. The van der Waals surface area contributed by atoms with E-state index in [2.05, 4.69) is 29.4 Å². The van der Waals surface area contributed by atoms with Crippen LogP contribution < -0.4 is 5.32 Å². The highest BCUT2D eigenvalue weighted by atomic mass is 19.1. The van der Waals surface area contributed by atoms with Crippen molar-refractivity contribution in [3.63, 3.8) is 0 Å². The Morgan fingerprint density at radius 2 is 2.16 bits per heavy atom. The number of halogens is 1. The number of hydrogen-bond acceptors (Lipinski definition) is 3. The molecule has 0 unspecified atom stereocenters. The van der Waals surface area contributed by atoms with Crippen molar-refractivity contribution in [2.45, 2.75) is 46.3 Å².